The van der Waals surface area contributed by atoms with Gasteiger partial charge < -0.3 is 20.7 Å². The predicted octanol–water partition coefficient (Wildman–Crippen LogP) is 3.29. The molecule has 2 amide bonds. The minimum absolute atomic E-state index is 0.0151. The molecule has 2 aromatic heterocycles. The monoisotopic (exact) mass is 472 g/mol. The zero-order valence-corrected chi connectivity index (χ0v) is 18.3. The Morgan fingerprint density at radius 3 is 2.70 bits per heavy atom. The van der Waals surface area contributed by atoms with Gasteiger partial charge in [0.15, 0.2) is 5.65 Å². The topological polar surface area (TPSA) is 97.8 Å². The molecule has 4 rings (SSSR count). The number of hydrogen-bond acceptors (Lipinski definition) is 5. The lowest BCUT2D eigenvalue weighted by Crippen LogP contribution is -2.58. The van der Waals surface area contributed by atoms with Crippen molar-refractivity contribution in [3.63, 3.8) is 0 Å². The van der Waals surface area contributed by atoms with E-state index in [9.17, 15) is 22.4 Å². The molecule has 182 valence electrons. The highest BCUT2D eigenvalue weighted by Crippen LogP contribution is 2.40. The van der Waals surface area contributed by atoms with Gasteiger partial charge in [-0.25, -0.2) is 31.9 Å². The lowest BCUT2D eigenvalue weighted by atomic mass is 9.81. The van der Waals surface area contributed by atoms with E-state index in [0.717, 1.165) is 4.90 Å². The maximum Gasteiger partial charge on any atom is 0.318 e. The summed E-state index contributed by atoms with van der Waals surface area (Å²) in [7, 11) is 0. The second-order valence-electron chi connectivity index (χ2n) is 8.79. The fraction of sp³-hybridized carbons (Fsp3) is 0.667. The third-order valence-electron chi connectivity index (χ3n) is 6.37. The number of ether oxygens (including phenoxy) is 1. The van der Waals surface area contributed by atoms with Gasteiger partial charge in [-0.05, 0) is 31.7 Å². The van der Waals surface area contributed by atoms with Crippen molar-refractivity contribution in [1.29, 1.82) is 0 Å². The van der Waals surface area contributed by atoms with Crippen LogP contribution in [0.25, 0.3) is 5.65 Å². The van der Waals surface area contributed by atoms with Crippen LogP contribution in [0.1, 0.15) is 55.9 Å². The summed E-state index contributed by atoms with van der Waals surface area (Å²) < 4.78 is 62.0. The summed E-state index contributed by atoms with van der Waals surface area (Å²) >= 11 is 0. The largest absolute Gasteiger partial charge is 0.379 e. The molecule has 12 heteroatoms. The molecule has 1 aliphatic heterocycles. The number of aromatic nitrogens is 3. The molecule has 1 saturated heterocycles. The molecule has 2 atom stereocenters. The molecule has 0 radical (unpaired) electrons. The molecule has 0 aromatic carbocycles. The van der Waals surface area contributed by atoms with Crippen LogP contribution in [-0.2, 0) is 4.74 Å². The number of rotatable bonds is 7. The van der Waals surface area contributed by atoms with Gasteiger partial charge in [-0.15, -0.1) is 0 Å². The van der Waals surface area contributed by atoms with Gasteiger partial charge in [-0.3, -0.25) is 0 Å². The van der Waals surface area contributed by atoms with Gasteiger partial charge in [-0.2, -0.15) is 5.10 Å². The molecule has 3 heterocycles. The van der Waals surface area contributed by atoms with E-state index in [-0.39, 0.29) is 25.4 Å². The first-order valence-corrected chi connectivity index (χ1v) is 11.1. The van der Waals surface area contributed by atoms with Crippen LogP contribution in [0.2, 0.25) is 0 Å². The van der Waals surface area contributed by atoms with E-state index in [2.05, 4.69) is 15.4 Å². The van der Waals surface area contributed by atoms with E-state index >= 15 is 0 Å². The van der Waals surface area contributed by atoms with Gasteiger partial charge in [0, 0.05) is 25.0 Å². The van der Waals surface area contributed by atoms with Crippen molar-refractivity contribution in [1.82, 2.24) is 24.8 Å². The molecule has 33 heavy (non-hydrogen) atoms. The Balaban J connectivity index is 1.58. The highest BCUT2D eigenvalue weighted by molar-refractivity contribution is 5.76. The predicted molar refractivity (Wildman–Crippen MR) is 111 cm³/mol. The Morgan fingerprint density at radius 1 is 1.27 bits per heavy atom. The highest BCUT2D eigenvalue weighted by atomic mass is 19.3. The Labute approximate surface area is 188 Å². The van der Waals surface area contributed by atoms with Gasteiger partial charge in [0.25, 0.3) is 5.92 Å². The zero-order valence-electron chi connectivity index (χ0n) is 18.3. The molecule has 1 aliphatic carbocycles. The first-order chi connectivity index (χ1) is 15.6. The van der Waals surface area contributed by atoms with Gasteiger partial charge in [0.1, 0.15) is 0 Å². The molecule has 1 saturated carbocycles. The Bertz CT molecular complexity index is 990. The molecule has 0 spiro atoms. The average molecular weight is 472 g/mol. The number of urea groups is 1. The first kappa shape index (κ1) is 23.7. The standard InChI is InChI=1S/C21H28F4N6O2/c1-2-33-10-16(30-12-21(24,25)11-27-19(30)32)14-7-17-29-15(9-31(17)28-8-14)18(26)13-3-5-20(22,23)6-4-13/h7-9,13,16,18H,2-6,10-12,26H2,1H3,(H,27,32)/t16-,18+/m1/s1. The van der Waals surface area contributed by atoms with E-state index < -0.39 is 43.0 Å². The number of nitrogens with zero attached hydrogens (tertiary/aromatic N) is 4. The lowest BCUT2D eigenvalue weighted by molar-refractivity contribution is -0.0527. The van der Waals surface area contributed by atoms with E-state index in [1.54, 1.807) is 19.2 Å². The summed E-state index contributed by atoms with van der Waals surface area (Å²) in [4.78, 5) is 17.9. The van der Waals surface area contributed by atoms with Crippen molar-refractivity contribution in [3.05, 3.63) is 29.7 Å². The van der Waals surface area contributed by atoms with Crippen LogP contribution in [-0.4, -0.2) is 63.7 Å². The lowest BCUT2D eigenvalue weighted by Gasteiger charge is -2.38. The summed E-state index contributed by atoms with van der Waals surface area (Å²) in [5.74, 6) is -5.82. The van der Waals surface area contributed by atoms with Crippen LogP contribution in [0, 0.1) is 5.92 Å². The third kappa shape index (κ3) is 5.21. The Morgan fingerprint density at radius 2 is 2.00 bits per heavy atom. The number of hydrogen-bond donors (Lipinski definition) is 2. The molecule has 2 aliphatic rings. The molecule has 2 aromatic rings. The number of alkyl halides is 4. The molecule has 0 bridgehead atoms. The van der Waals surface area contributed by atoms with Crippen molar-refractivity contribution in [2.24, 2.45) is 11.7 Å². The SMILES string of the molecule is CCOC[C@H](c1cnn2cc([C@@H](N)C3CCC(F)(F)CC3)nc2c1)N1CC(F)(F)CNC1=O. The van der Waals surface area contributed by atoms with Gasteiger partial charge in [0.05, 0.1) is 49.9 Å². The summed E-state index contributed by atoms with van der Waals surface area (Å²) in [5.41, 5.74) is 7.78. The zero-order chi connectivity index (χ0) is 23.8. The average Bonchev–Trinajstić information content (AvgIpc) is 3.19. The smallest absolute Gasteiger partial charge is 0.318 e. The molecular formula is C21H28F4N6O2. The van der Waals surface area contributed by atoms with Gasteiger partial charge >= 0.3 is 6.03 Å². The minimum atomic E-state index is -3.07. The minimum Gasteiger partial charge on any atom is -0.379 e. The number of fused-ring (bicyclic) bond motifs is 1. The second-order valence-corrected chi connectivity index (χ2v) is 8.79. The fourth-order valence-corrected chi connectivity index (χ4v) is 4.45. The van der Waals surface area contributed by atoms with E-state index in [0.29, 0.717) is 36.4 Å². The van der Waals surface area contributed by atoms with Crippen LogP contribution < -0.4 is 11.1 Å². The maximum atomic E-state index is 14.0. The Hall–Kier alpha value is -2.47. The van der Waals surface area contributed by atoms with Crippen LogP contribution in [0.4, 0.5) is 22.4 Å². The third-order valence-corrected chi connectivity index (χ3v) is 6.37. The number of nitrogens with one attached hydrogen (secondary N) is 1. The number of carbonyl (C=O) groups is 1. The van der Waals surface area contributed by atoms with Crippen molar-refractivity contribution in [2.45, 2.75) is 56.5 Å². The summed E-state index contributed by atoms with van der Waals surface area (Å²) in [6.07, 6.45) is 3.38. The molecule has 3 N–H and O–H groups in total. The molecule has 2 fully saturated rings. The van der Waals surface area contributed by atoms with Gasteiger partial charge in [0.2, 0.25) is 5.92 Å². The summed E-state index contributed by atoms with van der Waals surface area (Å²) in [5, 5.41) is 6.53. The second kappa shape index (κ2) is 9.05. The number of carbonyl (C=O) groups excluding carboxylic acids is 1. The van der Waals surface area contributed by atoms with E-state index in [1.165, 1.54) is 10.7 Å². The quantitative estimate of drug-likeness (QED) is 0.603. The Kier molecular flexibility index (Phi) is 6.50. The number of imidazole rings is 1. The van der Waals surface area contributed by atoms with E-state index in [1.807, 2.05) is 0 Å². The fourth-order valence-electron chi connectivity index (χ4n) is 4.45. The highest BCUT2D eigenvalue weighted by Gasteiger charge is 2.42. The van der Waals surface area contributed by atoms with E-state index in [4.69, 9.17) is 10.5 Å². The van der Waals surface area contributed by atoms with Crippen LogP contribution in [0.5, 0.6) is 0 Å². The maximum absolute atomic E-state index is 14.0. The first-order valence-electron chi connectivity index (χ1n) is 11.1. The molecule has 0 unspecified atom stereocenters. The van der Waals surface area contributed by atoms with Crippen molar-refractivity contribution in [2.75, 3.05) is 26.3 Å². The number of amides is 2. The molecule has 8 nitrogen and oxygen atoms in total. The van der Waals surface area contributed by atoms with Gasteiger partial charge in [-0.1, -0.05) is 0 Å². The van der Waals surface area contributed by atoms with Crippen LogP contribution >= 0.6 is 0 Å². The van der Waals surface area contributed by atoms with Crippen LogP contribution in [0.15, 0.2) is 18.5 Å². The van der Waals surface area contributed by atoms with Crippen LogP contribution in [0.3, 0.4) is 0 Å². The number of halogens is 4. The number of nitrogens with two attached hydrogens (primary N) is 1. The molecular weight excluding hydrogens is 444 g/mol. The normalized spacial score (nSPS) is 22.8. The van der Waals surface area contributed by atoms with Crippen molar-refractivity contribution < 1.29 is 27.1 Å². The van der Waals surface area contributed by atoms with Crippen molar-refractivity contribution >= 4 is 11.7 Å². The van der Waals surface area contributed by atoms with Crippen molar-refractivity contribution in [3.8, 4) is 0 Å². The summed E-state index contributed by atoms with van der Waals surface area (Å²) in [6.45, 7) is 0.684. The summed E-state index contributed by atoms with van der Waals surface area (Å²) in [6, 6.07) is -0.257.